The first-order chi connectivity index (χ1) is 3.42. The summed E-state index contributed by atoms with van der Waals surface area (Å²) in [5.41, 5.74) is 0. The van der Waals surface area contributed by atoms with E-state index in [2.05, 4.69) is 4.18 Å². The molecule has 1 radical (unpaired) electrons. The standard InChI is InChI=1S/C3H8O4S.Na/c1-3(2)7-8(4,5)6;/h3H,1-2H3,(H,4,5,6);. The first-order valence-electron chi connectivity index (χ1n) is 2.07. The predicted octanol–water partition coefficient (Wildman–Crippen LogP) is -0.167. The van der Waals surface area contributed by atoms with Gasteiger partial charge in [-0.25, -0.2) is 4.18 Å². The zero-order valence-corrected chi connectivity index (χ0v) is 8.47. The SMILES string of the molecule is CC(C)OS(=O)(=O)O.[Na]. The molecule has 0 rings (SSSR count). The molecule has 1 N–H and O–H groups in total. The molecule has 0 aromatic rings. The molecule has 0 aromatic carbocycles. The molecule has 0 aliphatic heterocycles. The van der Waals surface area contributed by atoms with Gasteiger partial charge in [-0.3, -0.25) is 4.55 Å². The van der Waals surface area contributed by atoms with Crippen molar-refractivity contribution >= 4 is 40.0 Å². The van der Waals surface area contributed by atoms with Crippen molar-refractivity contribution in [3.63, 3.8) is 0 Å². The Hall–Kier alpha value is 0.870. The quantitative estimate of drug-likeness (QED) is 0.453. The van der Waals surface area contributed by atoms with Crippen LogP contribution in [0.25, 0.3) is 0 Å². The van der Waals surface area contributed by atoms with Crippen LogP contribution in [0, 0.1) is 0 Å². The Morgan fingerprint density at radius 2 is 1.78 bits per heavy atom. The van der Waals surface area contributed by atoms with E-state index in [9.17, 15) is 8.42 Å². The van der Waals surface area contributed by atoms with Crippen molar-refractivity contribution in [2.75, 3.05) is 0 Å². The van der Waals surface area contributed by atoms with Gasteiger partial charge in [0.2, 0.25) is 0 Å². The fourth-order valence-corrected chi connectivity index (χ4v) is 0.730. The third-order valence-corrected chi connectivity index (χ3v) is 0.942. The largest absolute Gasteiger partial charge is 0.397 e. The van der Waals surface area contributed by atoms with Crippen LogP contribution < -0.4 is 0 Å². The number of hydrogen-bond acceptors (Lipinski definition) is 3. The van der Waals surface area contributed by atoms with E-state index in [1.807, 2.05) is 0 Å². The minimum absolute atomic E-state index is 0. The van der Waals surface area contributed by atoms with Crippen LogP contribution in [-0.4, -0.2) is 48.6 Å². The second kappa shape index (κ2) is 4.65. The second-order valence-electron chi connectivity index (χ2n) is 1.57. The van der Waals surface area contributed by atoms with Crippen LogP contribution in [-0.2, 0) is 14.6 Å². The summed E-state index contributed by atoms with van der Waals surface area (Å²) in [6.45, 7) is 3.02. The molecule has 0 heterocycles. The average Bonchev–Trinajstić information content (AvgIpc) is 1.21. The molecule has 0 aliphatic rings. The van der Waals surface area contributed by atoms with Gasteiger partial charge in [0.25, 0.3) is 0 Å². The molecule has 0 saturated heterocycles. The van der Waals surface area contributed by atoms with Crippen molar-refractivity contribution in [3.8, 4) is 0 Å². The molecule has 0 saturated carbocycles. The van der Waals surface area contributed by atoms with E-state index in [1.54, 1.807) is 0 Å². The van der Waals surface area contributed by atoms with Crippen molar-refractivity contribution < 1.29 is 17.2 Å². The normalized spacial score (nSPS) is 11.1. The number of rotatable bonds is 2. The van der Waals surface area contributed by atoms with Crippen molar-refractivity contribution in [2.24, 2.45) is 0 Å². The molecule has 6 heteroatoms. The average molecular weight is 163 g/mol. The first kappa shape index (κ1) is 12.5. The summed E-state index contributed by atoms with van der Waals surface area (Å²) in [5.74, 6) is 0. The van der Waals surface area contributed by atoms with Crippen LogP contribution in [0.5, 0.6) is 0 Å². The Kier molecular flexibility index (Phi) is 6.48. The maximum absolute atomic E-state index is 9.78. The van der Waals surface area contributed by atoms with Crippen molar-refractivity contribution in [3.05, 3.63) is 0 Å². The van der Waals surface area contributed by atoms with E-state index in [1.165, 1.54) is 13.8 Å². The van der Waals surface area contributed by atoms with Crippen molar-refractivity contribution in [2.45, 2.75) is 20.0 Å². The molecule has 4 nitrogen and oxygen atoms in total. The van der Waals surface area contributed by atoms with Crippen LogP contribution in [0.3, 0.4) is 0 Å². The molecular weight excluding hydrogens is 155 g/mol. The van der Waals surface area contributed by atoms with Crippen LogP contribution in [0.15, 0.2) is 0 Å². The molecule has 0 unspecified atom stereocenters. The second-order valence-corrected chi connectivity index (χ2v) is 2.62. The van der Waals surface area contributed by atoms with E-state index < -0.39 is 16.5 Å². The topological polar surface area (TPSA) is 63.6 Å². The Bertz CT molecular complexity index is 149. The summed E-state index contributed by atoms with van der Waals surface area (Å²) >= 11 is 0. The predicted molar refractivity (Wildman–Crippen MR) is 33.5 cm³/mol. The van der Waals surface area contributed by atoms with Crippen LogP contribution in [0.4, 0.5) is 0 Å². The minimum atomic E-state index is -4.22. The molecule has 0 atom stereocenters. The van der Waals surface area contributed by atoms with Crippen molar-refractivity contribution in [1.82, 2.24) is 0 Å². The summed E-state index contributed by atoms with van der Waals surface area (Å²) in [6.07, 6.45) is -0.495. The molecule has 0 bridgehead atoms. The fraction of sp³-hybridized carbons (Fsp3) is 1.00. The van der Waals surface area contributed by atoms with Gasteiger partial charge in [0.1, 0.15) is 0 Å². The van der Waals surface area contributed by atoms with E-state index in [0.29, 0.717) is 0 Å². The Labute approximate surface area is 76.8 Å². The van der Waals surface area contributed by atoms with Crippen LogP contribution in [0.1, 0.15) is 13.8 Å². The van der Waals surface area contributed by atoms with Crippen molar-refractivity contribution in [1.29, 1.82) is 0 Å². The van der Waals surface area contributed by atoms with Gasteiger partial charge in [0, 0.05) is 29.6 Å². The molecule has 0 amide bonds. The Morgan fingerprint density at radius 1 is 1.44 bits per heavy atom. The van der Waals surface area contributed by atoms with Gasteiger partial charge in [0.05, 0.1) is 6.10 Å². The Morgan fingerprint density at radius 3 is 1.78 bits per heavy atom. The van der Waals surface area contributed by atoms with Crippen LogP contribution in [0.2, 0.25) is 0 Å². The molecule has 51 valence electrons. The van der Waals surface area contributed by atoms with Gasteiger partial charge in [-0.15, -0.1) is 0 Å². The zero-order chi connectivity index (χ0) is 6.78. The summed E-state index contributed by atoms with van der Waals surface area (Å²) in [4.78, 5) is 0. The van der Waals surface area contributed by atoms with Gasteiger partial charge in [-0.05, 0) is 13.8 Å². The van der Waals surface area contributed by atoms with E-state index in [-0.39, 0.29) is 29.6 Å². The van der Waals surface area contributed by atoms with Gasteiger partial charge >= 0.3 is 10.4 Å². The smallest absolute Gasteiger partial charge is 0.264 e. The van der Waals surface area contributed by atoms with Gasteiger partial charge in [0.15, 0.2) is 0 Å². The summed E-state index contributed by atoms with van der Waals surface area (Å²) in [6, 6.07) is 0. The maximum Gasteiger partial charge on any atom is 0.397 e. The first-order valence-corrected chi connectivity index (χ1v) is 3.44. The zero-order valence-electron chi connectivity index (χ0n) is 5.66. The molecule has 9 heavy (non-hydrogen) atoms. The Balaban J connectivity index is 0. The molecule has 0 aromatic heterocycles. The van der Waals surface area contributed by atoms with E-state index in [4.69, 9.17) is 4.55 Å². The van der Waals surface area contributed by atoms with Gasteiger partial charge in [-0.1, -0.05) is 0 Å². The van der Waals surface area contributed by atoms with Gasteiger partial charge < -0.3 is 0 Å². The summed E-state index contributed by atoms with van der Waals surface area (Å²) < 4.78 is 31.5. The maximum atomic E-state index is 9.78. The fourth-order valence-electron chi connectivity index (χ4n) is 0.243. The third-order valence-electron chi connectivity index (χ3n) is 0.314. The third kappa shape index (κ3) is 12.1. The molecule has 0 spiro atoms. The van der Waals surface area contributed by atoms with Crippen LogP contribution >= 0.6 is 0 Å². The summed E-state index contributed by atoms with van der Waals surface area (Å²) in [7, 11) is -4.22. The van der Waals surface area contributed by atoms with E-state index >= 15 is 0 Å². The van der Waals surface area contributed by atoms with E-state index in [0.717, 1.165) is 0 Å². The minimum Gasteiger partial charge on any atom is -0.264 e. The molecule has 0 fully saturated rings. The number of hydrogen-bond donors (Lipinski definition) is 1. The molecular formula is C3H8NaO4S. The summed E-state index contributed by atoms with van der Waals surface area (Å²) in [5, 5.41) is 0. The van der Waals surface area contributed by atoms with Gasteiger partial charge in [-0.2, -0.15) is 8.42 Å². The molecule has 0 aliphatic carbocycles. The monoisotopic (exact) mass is 163 g/mol.